The predicted molar refractivity (Wildman–Crippen MR) is 98.4 cm³/mol. The number of nitrogen functional groups attached to an aromatic ring is 1. The number of nitrogens with two attached hydrogens (primary N) is 1. The first kappa shape index (κ1) is 18.9. The lowest BCUT2D eigenvalue weighted by Gasteiger charge is -2.33. The van der Waals surface area contributed by atoms with E-state index in [0.29, 0.717) is 31.0 Å². The van der Waals surface area contributed by atoms with Crippen LogP contribution in [0, 0.1) is 5.92 Å². The van der Waals surface area contributed by atoms with Gasteiger partial charge in [0.05, 0.1) is 0 Å². The van der Waals surface area contributed by atoms with Gasteiger partial charge in [0, 0.05) is 31.0 Å². The van der Waals surface area contributed by atoms with E-state index in [9.17, 15) is 9.59 Å². The van der Waals surface area contributed by atoms with Crippen LogP contribution in [0.4, 0.5) is 21.0 Å². The topological polar surface area (TPSA) is 96.7 Å². The summed E-state index contributed by atoms with van der Waals surface area (Å²) in [5.74, 6) is 0.216. The highest BCUT2D eigenvalue weighted by Crippen LogP contribution is 2.18. The zero-order chi connectivity index (χ0) is 18.4. The molecule has 1 atom stereocenters. The molecule has 1 aliphatic heterocycles. The third-order valence-corrected chi connectivity index (χ3v) is 3.88. The van der Waals surface area contributed by atoms with E-state index in [4.69, 9.17) is 10.5 Å². The molecule has 4 N–H and O–H groups in total. The van der Waals surface area contributed by atoms with Gasteiger partial charge in [0.15, 0.2) is 0 Å². The van der Waals surface area contributed by atoms with Gasteiger partial charge in [-0.05, 0) is 57.7 Å². The second-order valence-corrected chi connectivity index (χ2v) is 7.39. The first-order valence-corrected chi connectivity index (χ1v) is 8.61. The maximum absolute atomic E-state index is 12.4. The molecule has 3 amide bonds. The number of urea groups is 1. The fourth-order valence-corrected chi connectivity index (χ4v) is 2.78. The van der Waals surface area contributed by atoms with Gasteiger partial charge in [-0.3, -0.25) is 0 Å². The molecule has 7 nitrogen and oxygen atoms in total. The van der Waals surface area contributed by atoms with E-state index in [1.807, 2.05) is 20.8 Å². The van der Waals surface area contributed by atoms with Crippen molar-refractivity contribution in [3.05, 3.63) is 24.3 Å². The van der Waals surface area contributed by atoms with Gasteiger partial charge in [0.1, 0.15) is 5.60 Å². The Balaban J connectivity index is 1.81. The number of piperidine rings is 1. The van der Waals surface area contributed by atoms with Crippen LogP contribution in [-0.4, -0.2) is 42.3 Å². The standard InChI is InChI=1S/C18H28N4O3/c1-18(2,3)25-17(24)20-11-13-6-5-9-22(12-13)16(23)21-15-8-4-7-14(19)10-15/h4,7-8,10,13H,5-6,9,11-12,19H2,1-3H3,(H,20,24)(H,21,23). The number of hydrogen-bond acceptors (Lipinski definition) is 4. The molecule has 0 radical (unpaired) electrons. The van der Waals surface area contributed by atoms with Gasteiger partial charge in [0.25, 0.3) is 0 Å². The van der Waals surface area contributed by atoms with Crippen LogP contribution in [0.5, 0.6) is 0 Å². The summed E-state index contributed by atoms with van der Waals surface area (Å²) >= 11 is 0. The zero-order valence-corrected chi connectivity index (χ0v) is 15.2. The van der Waals surface area contributed by atoms with Gasteiger partial charge in [-0.2, -0.15) is 0 Å². The number of ether oxygens (including phenoxy) is 1. The number of carbonyl (C=O) groups excluding carboxylic acids is 2. The van der Waals surface area contributed by atoms with Crippen molar-refractivity contribution in [2.24, 2.45) is 5.92 Å². The first-order valence-electron chi connectivity index (χ1n) is 8.61. The summed E-state index contributed by atoms with van der Waals surface area (Å²) in [6, 6.07) is 6.96. The van der Waals surface area contributed by atoms with E-state index in [-0.39, 0.29) is 11.9 Å². The van der Waals surface area contributed by atoms with Gasteiger partial charge in [0.2, 0.25) is 0 Å². The Kier molecular flexibility index (Phi) is 6.12. The van der Waals surface area contributed by atoms with E-state index < -0.39 is 11.7 Å². The Hall–Kier alpha value is -2.44. The highest BCUT2D eigenvalue weighted by atomic mass is 16.6. The summed E-state index contributed by atoms with van der Waals surface area (Å²) in [5.41, 5.74) is 6.50. The van der Waals surface area contributed by atoms with E-state index in [1.54, 1.807) is 29.2 Å². The zero-order valence-electron chi connectivity index (χ0n) is 15.2. The Labute approximate surface area is 148 Å². The number of likely N-dealkylation sites (tertiary alicyclic amines) is 1. The number of rotatable bonds is 3. The Morgan fingerprint density at radius 2 is 2.12 bits per heavy atom. The summed E-state index contributed by atoms with van der Waals surface area (Å²) < 4.78 is 5.24. The van der Waals surface area contributed by atoms with Gasteiger partial charge >= 0.3 is 12.1 Å². The van der Waals surface area contributed by atoms with Crippen LogP contribution < -0.4 is 16.4 Å². The van der Waals surface area contributed by atoms with Crippen LogP contribution in [0.1, 0.15) is 33.6 Å². The van der Waals surface area contributed by atoms with Crippen LogP contribution in [0.2, 0.25) is 0 Å². The number of alkyl carbamates (subject to hydrolysis) is 1. The van der Waals surface area contributed by atoms with Crippen molar-refractivity contribution in [3.8, 4) is 0 Å². The Morgan fingerprint density at radius 3 is 2.80 bits per heavy atom. The molecule has 2 rings (SSSR count). The Bertz CT molecular complexity index is 613. The van der Waals surface area contributed by atoms with E-state index in [1.165, 1.54) is 0 Å². The summed E-state index contributed by atoms with van der Waals surface area (Å²) in [6.07, 6.45) is 1.46. The number of benzene rings is 1. The van der Waals surface area contributed by atoms with E-state index in [0.717, 1.165) is 12.8 Å². The molecule has 0 bridgehead atoms. The molecule has 1 fully saturated rings. The molecule has 138 valence electrons. The molecule has 0 aliphatic carbocycles. The normalized spacial score (nSPS) is 17.7. The molecule has 25 heavy (non-hydrogen) atoms. The monoisotopic (exact) mass is 348 g/mol. The SMILES string of the molecule is CC(C)(C)OC(=O)NCC1CCCN(C(=O)Nc2cccc(N)c2)C1. The number of hydrogen-bond donors (Lipinski definition) is 3. The van der Waals surface area contributed by atoms with Crippen molar-refractivity contribution in [2.75, 3.05) is 30.7 Å². The predicted octanol–water partition coefficient (Wildman–Crippen LogP) is 3.04. The number of nitrogens with one attached hydrogen (secondary N) is 2. The maximum atomic E-state index is 12.4. The highest BCUT2D eigenvalue weighted by molar-refractivity contribution is 5.89. The Morgan fingerprint density at radius 1 is 1.36 bits per heavy atom. The maximum Gasteiger partial charge on any atom is 0.407 e. The van der Waals surface area contributed by atoms with Crippen molar-refractivity contribution in [2.45, 2.75) is 39.2 Å². The molecule has 0 aromatic heterocycles. The lowest BCUT2D eigenvalue weighted by atomic mass is 9.98. The van der Waals surface area contributed by atoms with Crippen LogP contribution >= 0.6 is 0 Å². The average molecular weight is 348 g/mol. The van der Waals surface area contributed by atoms with Crippen molar-refractivity contribution >= 4 is 23.5 Å². The van der Waals surface area contributed by atoms with E-state index in [2.05, 4.69) is 10.6 Å². The second-order valence-electron chi connectivity index (χ2n) is 7.39. The molecule has 1 unspecified atom stereocenters. The fourth-order valence-electron chi connectivity index (χ4n) is 2.78. The molecule has 0 saturated carbocycles. The first-order chi connectivity index (χ1) is 11.7. The largest absolute Gasteiger partial charge is 0.444 e. The molecule has 1 saturated heterocycles. The quantitative estimate of drug-likeness (QED) is 0.732. The summed E-state index contributed by atoms with van der Waals surface area (Å²) in [4.78, 5) is 25.9. The van der Waals surface area contributed by atoms with Crippen molar-refractivity contribution in [3.63, 3.8) is 0 Å². The second kappa shape index (κ2) is 8.09. The minimum absolute atomic E-state index is 0.146. The molecule has 1 aromatic rings. The van der Waals surface area contributed by atoms with Gasteiger partial charge < -0.3 is 26.0 Å². The summed E-state index contributed by atoms with van der Waals surface area (Å²) in [6.45, 7) is 7.29. The van der Waals surface area contributed by atoms with Gasteiger partial charge in [-0.25, -0.2) is 9.59 Å². The number of nitrogens with zero attached hydrogens (tertiary/aromatic N) is 1. The highest BCUT2D eigenvalue weighted by Gasteiger charge is 2.25. The fraction of sp³-hybridized carbons (Fsp3) is 0.556. The number of amides is 3. The number of carbonyl (C=O) groups is 2. The third kappa shape index (κ3) is 6.52. The minimum Gasteiger partial charge on any atom is -0.444 e. The molecular weight excluding hydrogens is 320 g/mol. The molecule has 1 aliphatic rings. The lowest BCUT2D eigenvalue weighted by Crippen LogP contribution is -2.45. The molecule has 1 heterocycles. The minimum atomic E-state index is -0.514. The molecule has 0 spiro atoms. The van der Waals surface area contributed by atoms with Crippen molar-refractivity contribution < 1.29 is 14.3 Å². The molecule has 7 heteroatoms. The smallest absolute Gasteiger partial charge is 0.407 e. The van der Waals surface area contributed by atoms with Gasteiger partial charge in [-0.1, -0.05) is 6.07 Å². The van der Waals surface area contributed by atoms with E-state index >= 15 is 0 Å². The lowest BCUT2D eigenvalue weighted by molar-refractivity contribution is 0.0512. The average Bonchev–Trinajstić information content (AvgIpc) is 2.51. The van der Waals surface area contributed by atoms with Crippen LogP contribution in [-0.2, 0) is 4.74 Å². The molecule has 1 aromatic carbocycles. The van der Waals surface area contributed by atoms with Crippen LogP contribution in [0.3, 0.4) is 0 Å². The summed E-state index contributed by atoms with van der Waals surface area (Å²) in [5, 5.41) is 5.65. The van der Waals surface area contributed by atoms with Gasteiger partial charge in [-0.15, -0.1) is 0 Å². The molecular formula is C18H28N4O3. The number of anilines is 2. The van der Waals surface area contributed by atoms with Crippen molar-refractivity contribution in [1.29, 1.82) is 0 Å². The van der Waals surface area contributed by atoms with Crippen LogP contribution in [0.25, 0.3) is 0 Å². The van der Waals surface area contributed by atoms with Crippen LogP contribution in [0.15, 0.2) is 24.3 Å². The summed E-state index contributed by atoms with van der Waals surface area (Å²) in [7, 11) is 0. The third-order valence-electron chi connectivity index (χ3n) is 3.88. The van der Waals surface area contributed by atoms with Crippen molar-refractivity contribution in [1.82, 2.24) is 10.2 Å².